The molecule has 1 aromatic heterocycles. The highest BCUT2D eigenvalue weighted by Crippen LogP contribution is 2.31. The van der Waals surface area contributed by atoms with Crippen LogP contribution in [0.15, 0.2) is 53.3 Å². The van der Waals surface area contributed by atoms with Crippen molar-refractivity contribution >= 4 is 23.5 Å². The maximum absolute atomic E-state index is 13.0. The summed E-state index contributed by atoms with van der Waals surface area (Å²) in [6, 6.07) is 9.94. The van der Waals surface area contributed by atoms with E-state index >= 15 is 0 Å². The minimum absolute atomic E-state index is 0.0565. The first-order valence-electron chi connectivity index (χ1n) is 9.49. The zero-order valence-corrected chi connectivity index (χ0v) is 16.0. The summed E-state index contributed by atoms with van der Waals surface area (Å²) >= 11 is 0. The first kappa shape index (κ1) is 18.8. The van der Waals surface area contributed by atoms with Gasteiger partial charge in [-0.05, 0) is 36.6 Å². The lowest BCUT2D eigenvalue weighted by molar-refractivity contribution is -0.127. The molecular weight excluding hydrogens is 336 g/mol. The Morgan fingerprint density at radius 2 is 1.93 bits per heavy atom. The standard InChI is InChI=1S/C22H26N4O/c1-3-10-26(11-4-2)22(27)19-12-17-8-7-16(18-6-5-9-24-15-18)13-20(17)25-21(23)14-19/h5-9,12-13,15H,3-4,10-11,14H2,1-2H3,(H2,23,25). The predicted octanol–water partition coefficient (Wildman–Crippen LogP) is 4.17. The van der Waals surface area contributed by atoms with E-state index in [1.54, 1.807) is 6.20 Å². The van der Waals surface area contributed by atoms with E-state index in [2.05, 4.69) is 23.8 Å². The number of carbonyl (C=O) groups is 1. The van der Waals surface area contributed by atoms with Gasteiger partial charge >= 0.3 is 0 Å². The molecule has 27 heavy (non-hydrogen) atoms. The third-order valence-electron chi connectivity index (χ3n) is 4.54. The fourth-order valence-electron chi connectivity index (χ4n) is 3.30. The third-order valence-corrected chi connectivity index (χ3v) is 4.54. The topological polar surface area (TPSA) is 71.6 Å². The van der Waals surface area contributed by atoms with Crippen LogP contribution in [0.5, 0.6) is 0 Å². The molecule has 1 aliphatic rings. The Balaban J connectivity index is 1.96. The highest BCUT2D eigenvalue weighted by Gasteiger charge is 2.21. The molecule has 140 valence electrons. The van der Waals surface area contributed by atoms with Crippen molar-refractivity contribution in [2.75, 3.05) is 13.1 Å². The van der Waals surface area contributed by atoms with Crippen molar-refractivity contribution in [3.8, 4) is 11.1 Å². The van der Waals surface area contributed by atoms with Gasteiger partial charge in [0.25, 0.3) is 0 Å². The van der Waals surface area contributed by atoms with Gasteiger partial charge in [0.15, 0.2) is 0 Å². The van der Waals surface area contributed by atoms with Gasteiger partial charge in [0.05, 0.1) is 5.69 Å². The number of nitrogens with zero attached hydrogens (tertiary/aromatic N) is 3. The van der Waals surface area contributed by atoms with Crippen LogP contribution in [0.1, 0.15) is 38.7 Å². The van der Waals surface area contributed by atoms with Crippen LogP contribution >= 0.6 is 0 Å². The number of hydrogen-bond donors (Lipinski definition) is 1. The number of hydrogen-bond acceptors (Lipinski definition) is 4. The third kappa shape index (κ3) is 4.42. The Hall–Kier alpha value is -2.95. The molecule has 1 aliphatic heterocycles. The molecule has 0 spiro atoms. The van der Waals surface area contributed by atoms with E-state index in [0.29, 0.717) is 17.8 Å². The van der Waals surface area contributed by atoms with Gasteiger partial charge in [-0.3, -0.25) is 9.78 Å². The first-order valence-corrected chi connectivity index (χ1v) is 9.49. The molecule has 2 heterocycles. The lowest BCUT2D eigenvalue weighted by Crippen LogP contribution is -2.34. The lowest BCUT2D eigenvalue weighted by Gasteiger charge is -2.22. The van der Waals surface area contributed by atoms with Crippen LogP contribution in [-0.2, 0) is 4.79 Å². The molecule has 2 aromatic rings. The number of amidine groups is 1. The van der Waals surface area contributed by atoms with Gasteiger partial charge in [-0.1, -0.05) is 32.0 Å². The second kappa shape index (κ2) is 8.62. The normalized spacial score (nSPS) is 13.3. The maximum atomic E-state index is 13.0. The fourth-order valence-corrected chi connectivity index (χ4v) is 3.30. The van der Waals surface area contributed by atoms with Gasteiger partial charge in [0.2, 0.25) is 5.91 Å². The molecule has 2 N–H and O–H groups in total. The van der Waals surface area contributed by atoms with Crippen LogP contribution in [-0.4, -0.2) is 34.7 Å². The van der Waals surface area contributed by atoms with Crippen molar-refractivity contribution in [2.45, 2.75) is 33.1 Å². The monoisotopic (exact) mass is 362 g/mol. The molecule has 0 atom stereocenters. The van der Waals surface area contributed by atoms with E-state index in [4.69, 9.17) is 5.73 Å². The summed E-state index contributed by atoms with van der Waals surface area (Å²) in [5.74, 6) is 0.519. The van der Waals surface area contributed by atoms with Crippen molar-refractivity contribution in [1.82, 2.24) is 9.88 Å². The quantitative estimate of drug-likeness (QED) is 0.838. The molecule has 0 bridgehead atoms. The van der Waals surface area contributed by atoms with Gasteiger partial charge in [0, 0.05) is 48.6 Å². The van der Waals surface area contributed by atoms with E-state index in [1.165, 1.54) is 0 Å². The molecule has 0 unspecified atom stereocenters. The molecule has 0 saturated carbocycles. The number of pyridine rings is 1. The van der Waals surface area contributed by atoms with Crippen LogP contribution in [0, 0.1) is 0 Å². The van der Waals surface area contributed by atoms with E-state index in [-0.39, 0.29) is 5.91 Å². The number of aliphatic imine (C=N–C) groups is 1. The lowest BCUT2D eigenvalue weighted by atomic mass is 10.0. The number of aromatic nitrogens is 1. The minimum atomic E-state index is 0.0565. The predicted molar refractivity (Wildman–Crippen MR) is 111 cm³/mol. The summed E-state index contributed by atoms with van der Waals surface area (Å²) in [5, 5.41) is 0. The van der Waals surface area contributed by atoms with Crippen LogP contribution < -0.4 is 5.73 Å². The Morgan fingerprint density at radius 3 is 2.59 bits per heavy atom. The van der Waals surface area contributed by atoms with Crippen molar-refractivity contribution in [3.05, 3.63) is 53.9 Å². The molecule has 1 aromatic carbocycles. The largest absolute Gasteiger partial charge is 0.387 e. The Morgan fingerprint density at radius 1 is 1.15 bits per heavy atom. The number of benzene rings is 1. The molecule has 0 saturated heterocycles. The van der Waals surface area contributed by atoms with Gasteiger partial charge in [0.1, 0.15) is 5.84 Å². The highest BCUT2D eigenvalue weighted by atomic mass is 16.2. The number of nitrogens with two attached hydrogens (primary N) is 1. The summed E-state index contributed by atoms with van der Waals surface area (Å²) in [6.07, 6.45) is 7.76. The number of fused-ring (bicyclic) bond motifs is 1. The summed E-state index contributed by atoms with van der Waals surface area (Å²) in [7, 11) is 0. The molecule has 3 rings (SSSR count). The maximum Gasteiger partial charge on any atom is 0.250 e. The average molecular weight is 362 g/mol. The van der Waals surface area contributed by atoms with E-state index < -0.39 is 0 Å². The highest BCUT2D eigenvalue weighted by molar-refractivity contribution is 6.05. The van der Waals surface area contributed by atoms with Crippen LogP contribution in [0.2, 0.25) is 0 Å². The number of carbonyl (C=O) groups excluding carboxylic acids is 1. The van der Waals surface area contributed by atoms with Crippen molar-refractivity contribution < 1.29 is 4.79 Å². The molecule has 5 heteroatoms. The summed E-state index contributed by atoms with van der Waals surface area (Å²) < 4.78 is 0. The van der Waals surface area contributed by atoms with Crippen LogP contribution in [0.4, 0.5) is 5.69 Å². The zero-order valence-electron chi connectivity index (χ0n) is 16.0. The molecule has 0 aliphatic carbocycles. The van der Waals surface area contributed by atoms with Gasteiger partial charge in [-0.15, -0.1) is 0 Å². The first-order chi connectivity index (χ1) is 13.1. The fraction of sp³-hybridized carbons (Fsp3) is 0.318. The van der Waals surface area contributed by atoms with E-state index in [9.17, 15) is 4.79 Å². The minimum Gasteiger partial charge on any atom is -0.387 e. The van der Waals surface area contributed by atoms with E-state index in [1.807, 2.05) is 47.5 Å². The molecular formula is C22H26N4O. The summed E-state index contributed by atoms with van der Waals surface area (Å²) in [4.78, 5) is 23.7. The Labute approximate surface area is 160 Å². The van der Waals surface area contributed by atoms with Crippen molar-refractivity contribution in [1.29, 1.82) is 0 Å². The van der Waals surface area contributed by atoms with E-state index in [0.717, 1.165) is 48.3 Å². The molecule has 1 amide bonds. The molecule has 0 radical (unpaired) electrons. The Kier molecular flexibility index (Phi) is 6.01. The van der Waals surface area contributed by atoms with Gasteiger partial charge in [-0.2, -0.15) is 0 Å². The number of rotatable bonds is 6. The smallest absolute Gasteiger partial charge is 0.250 e. The van der Waals surface area contributed by atoms with Gasteiger partial charge in [-0.25, -0.2) is 4.99 Å². The Bertz CT molecular complexity index is 865. The van der Waals surface area contributed by atoms with Crippen LogP contribution in [0.25, 0.3) is 17.2 Å². The van der Waals surface area contributed by atoms with Crippen molar-refractivity contribution in [3.63, 3.8) is 0 Å². The summed E-state index contributed by atoms with van der Waals surface area (Å²) in [5.41, 5.74) is 10.6. The van der Waals surface area contributed by atoms with Crippen LogP contribution in [0.3, 0.4) is 0 Å². The number of amides is 1. The second-order valence-electron chi connectivity index (χ2n) is 6.76. The zero-order chi connectivity index (χ0) is 19.2. The summed E-state index contributed by atoms with van der Waals surface area (Å²) in [6.45, 7) is 5.69. The van der Waals surface area contributed by atoms with Crippen molar-refractivity contribution in [2.24, 2.45) is 10.7 Å². The molecule has 0 fully saturated rings. The van der Waals surface area contributed by atoms with Gasteiger partial charge < -0.3 is 10.6 Å². The molecule has 5 nitrogen and oxygen atoms in total. The second-order valence-corrected chi connectivity index (χ2v) is 6.76. The average Bonchev–Trinajstić information content (AvgIpc) is 2.85. The SMILES string of the molecule is CCCN(CCC)C(=O)C1=Cc2ccc(-c3cccnc3)cc2N=C(N)C1.